The van der Waals surface area contributed by atoms with E-state index in [4.69, 9.17) is 26.7 Å². The van der Waals surface area contributed by atoms with Crippen LogP contribution in [0.2, 0.25) is 5.02 Å². The minimum Gasteiger partial charge on any atom is -0.284 e. The molecule has 1 atom stereocenters. The first kappa shape index (κ1) is 25.9. The monoisotopic (exact) mass is 571 g/mol. The summed E-state index contributed by atoms with van der Waals surface area (Å²) in [5, 5.41) is 7.91. The first-order valence-electron chi connectivity index (χ1n) is 12.5. The highest BCUT2D eigenvalue weighted by atomic mass is 35.5. The molecule has 6 rings (SSSR count). The number of benzene rings is 4. The minimum atomic E-state index is -3.41. The zero-order chi connectivity index (χ0) is 27.9. The molecule has 1 aliphatic heterocycles. The van der Waals surface area contributed by atoms with Gasteiger partial charge in [0.15, 0.2) is 0 Å². The van der Waals surface area contributed by atoms with Crippen LogP contribution < -0.4 is 9.73 Å². The van der Waals surface area contributed by atoms with Crippen molar-refractivity contribution in [2.24, 2.45) is 5.10 Å². The SMILES string of the molecule is CS(=O)(=O)Nc1ccc(C2=NN(c3nc(-c4ccccc4)c4cc(Cl)ccc4n3)C(c3ccccc3F)C2)cc1. The Morgan fingerprint density at radius 2 is 1.62 bits per heavy atom. The van der Waals surface area contributed by atoms with Gasteiger partial charge in [-0.25, -0.2) is 27.8 Å². The Labute approximate surface area is 236 Å². The summed E-state index contributed by atoms with van der Waals surface area (Å²) in [6, 6.07) is 28.2. The Bertz CT molecular complexity index is 1870. The molecule has 0 aliphatic carbocycles. The van der Waals surface area contributed by atoms with Gasteiger partial charge < -0.3 is 0 Å². The molecule has 10 heteroatoms. The first-order chi connectivity index (χ1) is 19.2. The van der Waals surface area contributed by atoms with Crippen molar-refractivity contribution in [3.8, 4) is 11.3 Å². The number of nitrogens with zero attached hydrogens (tertiary/aromatic N) is 4. The van der Waals surface area contributed by atoms with Crippen molar-refractivity contribution in [2.75, 3.05) is 16.0 Å². The molecule has 200 valence electrons. The quantitative estimate of drug-likeness (QED) is 0.242. The van der Waals surface area contributed by atoms with Gasteiger partial charge in [-0.2, -0.15) is 5.10 Å². The maximum Gasteiger partial charge on any atom is 0.247 e. The second-order valence-corrected chi connectivity index (χ2v) is 11.7. The largest absolute Gasteiger partial charge is 0.284 e. The van der Waals surface area contributed by atoms with E-state index in [0.717, 1.165) is 22.8 Å². The van der Waals surface area contributed by atoms with Gasteiger partial charge >= 0.3 is 0 Å². The lowest BCUT2D eigenvalue weighted by molar-refractivity contribution is 0.576. The number of hydrogen-bond donors (Lipinski definition) is 1. The molecule has 40 heavy (non-hydrogen) atoms. The summed E-state index contributed by atoms with van der Waals surface area (Å²) < 4.78 is 40.8. The highest BCUT2D eigenvalue weighted by Gasteiger charge is 2.34. The number of hydrogen-bond acceptors (Lipinski definition) is 6. The fourth-order valence-electron chi connectivity index (χ4n) is 4.81. The molecule has 0 radical (unpaired) electrons. The summed E-state index contributed by atoms with van der Waals surface area (Å²) >= 11 is 6.33. The van der Waals surface area contributed by atoms with Gasteiger partial charge in [0.05, 0.1) is 29.2 Å². The van der Waals surface area contributed by atoms with Crippen LogP contribution in [0.3, 0.4) is 0 Å². The number of rotatable bonds is 6. The molecular weight excluding hydrogens is 549 g/mol. The van der Waals surface area contributed by atoms with E-state index in [9.17, 15) is 8.42 Å². The van der Waals surface area contributed by atoms with E-state index in [1.54, 1.807) is 53.5 Å². The molecule has 0 saturated carbocycles. The van der Waals surface area contributed by atoms with Crippen LogP contribution in [0.1, 0.15) is 23.6 Å². The number of aromatic nitrogens is 2. The third-order valence-electron chi connectivity index (χ3n) is 6.59. The summed E-state index contributed by atoms with van der Waals surface area (Å²) in [5.74, 6) is -0.0233. The van der Waals surface area contributed by atoms with Gasteiger partial charge in [-0.05, 0) is 42.0 Å². The van der Waals surface area contributed by atoms with E-state index in [1.165, 1.54) is 6.07 Å². The maximum absolute atomic E-state index is 15.1. The normalized spacial score (nSPS) is 15.3. The van der Waals surface area contributed by atoms with Crippen molar-refractivity contribution in [1.82, 2.24) is 9.97 Å². The zero-order valence-electron chi connectivity index (χ0n) is 21.3. The second kappa shape index (κ2) is 10.3. The van der Waals surface area contributed by atoms with E-state index in [0.29, 0.717) is 45.6 Å². The van der Waals surface area contributed by atoms with Gasteiger partial charge in [0, 0.05) is 33.6 Å². The molecule has 4 aromatic carbocycles. The van der Waals surface area contributed by atoms with Gasteiger partial charge in [0.1, 0.15) is 5.82 Å². The van der Waals surface area contributed by atoms with Gasteiger partial charge in [0.25, 0.3) is 0 Å². The van der Waals surface area contributed by atoms with Crippen LogP contribution in [-0.2, 0) is 10.0 Å². The third-order valence-corrected chi connectivity index (χ3v) is 7.44. The fraction of sp³-hybridized carbons (Fsp3) is 0.100. The van der Waals surface area contributed by atoms with Crippen LogP contribution in [0.15, 0.2) is 102 Å². The Morgan fingerprint density at radius 1 is 0.900 bits per heavy atom. The Kier molecular flexibility index (Phi) is 6.69. The van der Waals surface area contributed by atoms with Crippen LogP contribution in [0.25, 0.3) is 22.2 Å². The number of hydrazone groups is 1. The summed E-state index contributed by atoms with van der Waals surface area (Å²) in [6.45, 7) is 0. The number of halogens is 2. The van der Waals surface area contributed by atoms with Crippen molar-refractivity contribution < 1.29 is 12.8 Å². The molecule has 1 aromatic heterocycles. The molecule has 5 aromatic rings. The summed E-state index contributed by atoms with van der Waals surface area (Å²) in [7, 11) is -3.41. The topological polar surface area (TPSA) is 87.5 Å². The average molecular weight is 572 g/mol. The van der Waals surface area contributed by atoms with Crippen molar-refractivity contribution in [2.45, 2.75) is 12.5 Å². The van der Waals surface area contributed by atoms with Crippen LogP contribution in [0.4, 0.5) is 16.0 Å². The fourth-order valence-corrected chi connectivity index (χ4v) is 5.54. The van der Waals surface area contributed by atoms with Gasteiger partial charge in [-0.1, -0.05) is 72.3 Å². The van der Waals surface area contributed by atoms with E-state index < -0.39 is 16.1 Å². The van der Waals surface area contributed by atoms with Gasteiger partial charge in [0.2, 0.25) is 16.0 Å². The number of fused-ring (bicyclic) bond motifs is 1. The van der Waals surface area contributed by atoms with Gasteiger partial charge in [-0.15, -0.1) is 0 Å². The molecule has 0 fully saturated rings. The second-order valence-electron chi connectivity index (χ2n) is 9.48. The predicted octanol–water partition coefficient (Wildman–Crippen LogP) is 6.82. The van der Waals surface area contributed by atoms with Crippen LogP contribution >= 0.6 is 11.6 Å². The third kappa shape index (κ3) is 5.25. The smallest absolute Gasteiger partial charge is 0.247 e. The molecule has 2 heterocycles. The highest BCUT2D eigenvalue weighted by molar-refractivity contribution is 7.92. The molecule has 1 N–H and O–H groups in total. The lowest BCUT2D eigenvalue weighted by Gasteiger charge is -2.23. The number of anilines is 2. The van der Waals surface area contributed by atoms with E-state index in [1.807, 2.05) is 42.5 Å². The Morgan fingerprint density at radius 3 is 2.35 bits per heavy atom. The molecule has 1 unspecified atom stereocenters. The van der Waals surface area contributed by atoms with Crippen LogP contribution in [0, 0.1) is 5.82 Å². The molecule has 1 aliphatic rings. The molecular formula is C30H23ClFN5O2S. The van der Waals surface area contributed by atoms with Crippen LogP contribution in [-0.4, -0.2) is 30.4 Å². The summed E-state index contributed by atoms with van der Waals surface area (Å²) in [4.78, 5) is 9.75. The average Bonchev–Trinajstić information content (AvgIpc) is 3.38. The first-order valence-corrected chi connectivity index (χ1v) is 14.7. The Balaban J connectivity index is 1.49. The van der Waals surface area contributed by atoms with E-state index in [2.05, 4.69) is 4.72 Å². The standard InChI is InChI=1S/C30H23ClFN5O2S/c1-40(38,39)36-22-14-11-19(12-15-22)27-18-28(23-9-5-6-10-25(23)32)37(35-27)30-33-26-16-13-21(31)17-24(26)29(34-30)20-7-3-2-4-8-20/h2-17,28,36H,18H2,1H3. The molecule has 0 amide bonds. The number of sulfonamides is 1. The van der Waals surface area contributed by atoms with E-state index in [-0.39, 0.29) is 5.82 Å². The van der Waals surface area contributed by atoms with Crippen molar-refractivity contribution in [3.05, 3.63) is 119 Å². The summed E-state index contributed by atoms with van der Waals surface area (Å²) in [5.41, 5.74) is 4.64. The van der Waals surface area contributed by atoms with Crippen molar-refractivity contribution in [1.29, 1.82) is 0 Å². The summed E-state index contributed by atoms with van der Waals surface area (Å²) in [6.07, 6.45) is 1.49. The lowest BCUT2D eigenvalue weighted by atomic mass is 9.98. The minimum absolute atomic E-state index is 0.326. The molecule has 0 spiro atoms. The van der Waals surface area contributed by atoms with Gasteiger partial charge in [-0.3, -0.25) is 4.72 Å². The molecule has 0 bridgehead atoms. The maximum atomic E-state index is 15.1. The highest BCUT2D eigenvalue weighted by Crippen LogP contribution is 2.38. The van der Waals surface area contributed by atoms with E-state index >= 15 is 4.39 Å². The predicted molar refractivity (Wildman–Crippen MR) is 158 cm³/mol. The Hall–Kier alpha value is -4.34. The molecule has 0 saturated heterocycles. The van der Waals surface area contributed by atoms with Crippen molar-refractivity contribution >= 4 is 49.9 Å². The number of nitrogens with one attached hydrogen (secondary N) is 1. The zero-order valence-corrected chi connectivity index (χ0v) is 22.9. The van der Waals surface area contributed by atoms with Crippen LogP contribution in [0.5, 0.6) is 0 Å². The molecule has 7 nitrogen and oxygen atoms in total. The van der Waals surface area contributed by atoms with Crippen molar-refractivity contribution in [3.63, 3.8) is 0 Å². The lowest BCUT2D eigenvalue weighted by Crippen LogP contribution is -2.22.